The number of nitrogens with one attached hydrogen (secondary N) is 1. The number of rotatable bonds is 7. The molecule has 11 heteroatoms. The van der Waals surface area contributed by atoms with Gasteiger partial charge < -0.3 is 14.2 Å². The van der Waals surface area contributed by atoms with E-state index < -0.39 is 22.0 Å². The van der Waals surface area contributed by atoms with Gasteiger partial charge in [0.25, 0.3) is 5.91 Å². The summed E-state index contributed by atoms with van der Waals surface area (Å²) in [5, 5.41) is 12.4. The van der Waals surface area contributed by atoms with Crippen molar-refractivity contribution in [1.82, 2.24) is 0 Å². The number of hydrogen-bond donors (Lipinski definition) is 1. The molecule has 0 aromatic heterocycles. The molecule has 0 atom stereocenters. The Morgan fingerprint density at radius 2 is 1.71 bits per heavy atom. The number of carbonyl (C=O) groups excluding carboxylic acids is 2. The highest BCUT2D eigenvalue weighted by molar-refractivity contribution is 9.10. The lowest BCUT2D eigenvalue weighted by molar-refractivity contribution is -0.112. The number of carbonyl (C=O) groups is 2. The third kappa shape index (κ3) is 6.70. The maximum Gasteiger partial charge on any atom is 0.339 e. The summed E-state index contributed by atoms with van der Waals surface area (Å²) in [6.45, 7) is 0. The minimum atomic E-state index is -4.10. The van der Waals surface area contributed by atoms with Gasteiger partial charge in [0, 0.05) is 10.7 Å². The fourth-order valence-corrected chi connectivity index (χ4v) is 4.42. The van der Waals surface area contributed by atoms with Gasteiger partial charge in [-0.1, -0.05) is 17.7 Å². The lowest BCUT2D eigenvalue weighted by atomic mass is 10.1. The number of esters is 1. The highest BCUT2D eigenvalue weighted by Gasteiger charge is 2.18. The molecule has 0 aliphatic carbocycles. The average Bonchev–Trinajstić information content (AvgIpc) is 2.84. The van der Waals surface area contributed by atoms with Crippen LogP contribution in [0.4, 0.5) is 5.69 Å². The number of amides is 1. The van der Waals surface area contributed by atoms with Crippen LogP contribution >= 0.6 is 27.5 Å². The number of anilines is 1. The van der Waals surface area contributed by atoms with E-state index in [0.29, 0.717) is 26.3 Å². The van der Waals surface area contributed by atoms with Gasteiger partial charge in [-0.15, -0.1) is 0 Å². The molecule has 0 unspecified atom stereocenters. The van der Waals surface area contributed by atoms with Crippen molar-refractivity contribution in [3.63, 3.8) is 0 Å². The van der Waals surface area contributed by atoms with Crippen LogP contribution in [0.25, 0.3) is 6.08 Å². The first-order valence-electron chi connectivity index (χ1n) is 9.74. The van der Waals surface area contributed by atoms with Crippen molar-refractivity contribution in [2.24, 2.45) is 0 Å². The monoisotopic (exact) mass is 574 g/mol. The molecular weight excluding hydrogens is 560 g/mol. The minimum Gasteiger partial charge on any atom is -0.465 e. The third-order valence-corrected chi connectivity index (χ3v) is 6.62. The van der Waals surface area contributed by atoms with Crippen molar-refractivity contribution < 1.29 is 26.9 Å². The fraction of sp³-hybridized carbons (Fsp3) is 0.0417. The quantitative estimate of drug-likeness (QED) is 0.178. The molecule has 0 aliphatic heterocycles. The number of nitriles is 1. The zero-order chi connectivity index (χ0) is 25.6. The second-order valence-electron chi connectivity index (χ2n) is 6.87. The Labute approximate surface area is 215 Å². The van der Waals surface area contributed by atoms with E-state index in [0.717, 1.165) is 0 Å². The normalized spacial score (nSPS) is 11.3. The Morgan fingerprint density at radius 3 is 2.29 bits per heavy atom. The Hall–Kier alpha value is -3.65. The molecule has 1 N–H and O–H groups in total. The number of ether oxygens (including phenoxy) is 1. The number of methoxy groups -OCH3 is 1. The maximum absolute atomic E-state index is 12.5. The molecular formula is C24H16BrClN2O6S. The first-order chi connectivity index (χ1) is 16.6. The Kier molecular flexibility index (Phi) is 8.30. The van der Waals surface area contributed by atoms with Gasteiger partial charge in [-0.25, -0.2) is 4.79 Å². The summed E-state index contributed by atoms with van der Waals surface area (Å²) in [4.78, 5) is 24.0. The number of benzene rings is 3. The zero-order valence-electron chi connectivity index (χ0n) is 18.0. The van der Waals surface area contributed by atoms with E-state index in [1.54, 1.807) is 0 Å². The molecule has 3 rings (SSSR count). The lowest BCUT2D eigenvalue weighted by Gasteiger charge is -2.10. The van der Waals surface area contributed by atoms with E-state index >= 15 is 0 Å². The summed E-state index contributed by atoms with van der Waals surface area (Å²) in [5.41, 5.74) is 0.935. The smallest absolute Gasteiger partial charge is 0.339 e. The van der Waals surface area contributed by atoms with Crippen molar-refractivity contribution >= 4 is 61.3 Å². The van der Waals surface area contributed by atoms with Crippen molar-refractivity contribution in [2.45, 2.75) is 4.90 Å². The van der Waals surface area contributed by atoms with Crippen LogP contribution in [0.3, 0.4) is 0 Å². The van der Waals surface area contributed by atoms with Crippen molar-refractivity contribution in [2.75, 3.05) is 12.4 Å². The molecule has 8 nitrogen and oxygen atoms in total. The number of halogens is 2. The van der Waals surface area contributed by atoms with Crippen molar-refractivity contribution in [1.29, 1.82) is 5.26 Å². The Balaban J connectivity index is 1.76. The highest BCUT2D eigenvalue weighted by atomic mass is 79.9. The van der Waals surface area contributed by atoms with E-state index in [2.05, 4.69) is 26.0 Å². The molecule has 0 heterocycles. The standard InChI is InChI=1S/C24H16BrClN2O6S/c1-33-24(30)16-3-7-19(8-4-16)28-23(29)17(14-27)12-15-2-11-22(21(25)13-15)34-35(31,32)20-9-5-18(26)6-10-20/h2-13H,1H3,(H,28,29)/b17-12+. The molecule has 0 fully saturated rings. The highest BCUT2D eigenvalue weighted by Crippen LogP contribution is 2.30. The second kappa shape index (κ2) is 11.2. The first kappa shape index (κ1) is 26.0. The number of hydrogen-bond acceptors (Lipinski definition) is 7. The van der Waals surface area contributed by atoms with Gasteiger partial charge in [0.05, 0.1) is 17.1 Å². The Morgan fingerprint density at radius 1 is 1.06 bits per heavy atom. The van der Waals surface area contributed by atoms with E-state index in [-0.39, 0.29) is 16.2 Å². The van der Waals surface area contributed by atoms with Gasteiger partial charge in [-0.3, -0.25) is 4.79 Å². The lowest BCUT2D eigenvalue weighted by Crippen LogP contribution is -2.13. The van der Waals surface area contributed by atoms with Gasteiger partial charge in [0.2, 0.25) is 0 Å². The van der Waals surface area contributed by atoms with Crippen molar-refractivity contribution in [3.05, 3.63) is 92.9 Å². The van der Waals surface area contributed by atoms with Crippen LogP contribution in [-0.2, 0) is 19.6 Å². The largest absolute Gasteiger partial charge is 0.465 e. The van der Waals surface area contributed by atoms with Crippen molar-refractivity contribution in [3.8, 4) is 11.8 Å². The fourth-order valence-electron chi connectivity index (χ4n) is 2.76. The molecule has 0 aliphatic rings. The number of nitrogens with zero attached hydrogens (tertiary/aromatic N) is 1. The topological polar surface area (TPSA) is 123 Å². The van der Waals surface area contributed by atoms with Crippen LogP contribution in [-0.4, -0.2) is 27.4 Å². The third-order valence-electron chi connectivity index (χ3n) is 4.50. The maximum atomic E-state index is 12.5. The molecule has 0 radical (unpaired) electrons. The van der Waals surface area contributed by atoms with Crippen LogP contribution in [0.15, 0.2) is 81.7 Å². The summed E-state index contributed by atoms with van der Waals surface area (Å²) in [7, 11) is -2.84. The summed E-state index contributed by atoms with van der Waals surface area (Å²) in [5.74, 6) is -1.16. The van der Waals surface area contributed by atoms with Gasteiger partial charge in [0.15, 0.2) is 5.75 Å². The summed E-state index contributed by atoms with van der Waals surface area (Å²) in [6.07, 6.45) is 1.33. The van der Waals surface area contributed by atoms with Crippen LogP contribution in [0.2, 0.25) is 5.02 Å². The molecule has 0 saturated carbocycles. The van der Waals surface area contributed by atoms with E-state index in [1.165, 1.54) is 79.9 Å². The second-order valence-corrected chi connectivity index (χ2v) is 9.71. The van der Waals surface area contributed by atoms with Gasteiger partial charge in [0.1, 0.15) is 16.5 Å². The molecule has 0 saturated heterocycles. The van der Waals surface area contributed by atoms with E-state index in [9.17, 15) is 23.3 Å². The van der Waals surface area contributed by atoms with Gasteiger partial charge >= 0.3 is 16.1 Å². The van der Waals surface area contributed by atoms with Gasteiger partial charge in [-0.2, -0.15) is 13.7 Å². The van der Waals surface area contributed by atoms with E-state index in [4.69, 9.17) is 15.8 Å². The summed E-state index contributed by atoms with van der Waals surface area (Å²) < 4.78 is 35.1. The van der Waals surface area contributed by atoms with Gasteiger partial charge in [-0.05, 0) is 88.2 Å². The molecule has 1 amide bonds. The molecule has 0 bridgehead atoms. The molecule has 3 aromatic carbocycles. The minimum absolute atomic E-state index is 0.0192. The first-order valence-corrected chi connectivity index (χ1v) is 12.3. The predicted molar refractivity (Wildman–Crippen MR) is 133 cm³/mol. The van der Waals surface area contributed by atoms with Crippen LogP contribution in [0.1, 0.15) is 15.9 Å². The van der Waals surface area contributed by atoms with Crippen LogP contribution in [0, 0.1) is 11.3 Å². The molecule has 0 spiro atoms. The molecule has 178 valence electrons. The van der Waals surface area contributed by atoms with Crippen LogP contribution in [0.5, 0.6) is 5.75 Å². The van der Waals surface area contributed by atoms with Crippen LogP contribution < -0.4 is 9.50 Å². The summed E-state index contributed by atoms with van der Waals surface area (Å²) in [6, 6.07) is 17.7. The zero-order valence-corrected chi connectivity index (χ0v) is 21.1. The van der Waals surface area contributed by atoms with E-state index in [1.807, 2.05) is 6.07 Å². The Bertz CT molecular complexity index is 1450. The predicted octanol–water partition coefficient (Wildman–Crippen LogP) is 5.20. The molecule has 35 heavy (non-hydrogen) atoms. The molecule has 3 aromatic rings. The SMILES string of the molecule is COC(=O)c1ccc(NC(=O)/C(C#N)=C/c2ccc(OS(=O)(=O)c3ccc(Cl)cc3)c(Br)c2)cc1. The average molecular weight is 576 g/mol. The summed E-state index contributed by atoms with van der Waals surface area (Å²) >= 11 is 9.04.